The molecule has 1 fully saturated rings. The number of nitrogens with one attached hydrogen (secondary N) is 2. The van der Waals surface area contributed by atoms with Crippen LogP contribution in [0.25, 0.3) is 11.3 Å². The predicted molar refractivity (Wildman–Crippen MR) is 98.1 cm³/mol. The van der Waals surface area contributed by atoms with Crippen LogP contribution in [0.15, 0.2) is 30.3 Å². The highest BCUT2D eigenvalue weighted by molar-refractivity contribution is 5.73. The van der Waals surface area contributed by atoms with Gasteiger partial charge in [-0.15, -0.1) is 0 Å². The first kappa shape index (κ1) is 19.5. The van der Waals surface area contributed by atoms with Crippen molar-refractivity contribution in [3.05, 3.63) is 47.4 Å². The number of halogens is 3. The summed E-state index contributed by atoms with van der Waals surface area (Å²) in [5.74, 6) is 0.227. The molecular weight excluding hydrogens is 353 g/mol. The predicted octanol–water partition coefficient (Wildman–Crippen LogP) is 3.16. The van der Waals surface area contributed by atoms with Gasteiger partial charge in [0.15, 0.2) is 5.82 Å². The highest BCUT2D eigenvalue weighted by Crippen LogP contribution is 2.31. The first-order chi connectivity index (χ1) is 13.0. The zero-order valence-electron chi connectivity index (χ0n) is 15.1. The van der Waals surface area contributed by atoms with Gasteiger partial charge >= 0.3 is 6.18 Å². The molecule has 0 saturated carbocycles. The van der Waals surface area contributed by atoms with Gasteiger partial charge in [-0.05, 0) is 43.9 Å². The quantitative estimate of drug-likeness (QED) is 0.760. The molecule has 3 rings (SSSR count). The van der Waals surface area contributed by atoms with Gasteiger partial charge in [0.25, 0.3) is 0 Å². The van der Waals surface area contributed by atoms with E-state index in [1.807, 2.05) is 0 Å². The second-order valence-electron chi connectivity index (χ2n) is 6.99. The van der Waals surface area contributed by atoms with E-state index in [2.05, 4.69) is 9.97 Å². The summed E-state index contributed by atoms with van der Waals surface area (Å²) in [6.45, 7) is 3.50. The van der Waals surface area contributed by atoms with E-state index in [4.69, 9.17) is 5.41 Å². The third-order valence-electron chi connectivity index (χ3n) is 4.94. The summed E-state index contributed by atoms with van der Waals surface area (Å²) in [6.07, 6.45) is 2.22. The van der Waals surface area contributed by atoms with E-state index in [1.54, 1.807) is 17.0 Å². The standard InChI is InChI=1S/C20H23F3N4/c21-20(22,23)16-7-4-6-15(12-16)18-13-17(25-19(14-24)26-18)8-5-11-27-9-2-1-3-10-27/h4,6-7,12-14,24H,1-3,5,8-11H2/p+1. The molecule has 0 atom stereocenters. The highest BCUT2D eigenvalue weighted by atomic mass is 19.4. The van der Waals surface area contributed by atoms with E-state index in [1.165, 1.54) is 38.4 Å². The summed E-state index contributed by atoms with van der Waals surface area (Å²) >= 11 is 0. The minimum absolute atomic E-state index is 0.227. The number of hydrogen-bond acceptors (Lipinski definition) is 3. The van der Waals surface area contributed by atoms with Gasteiger partial charge in [-0.3, -0.25) is 0 Å². The molecule has 1 aromatic heterocycles. The number of alkyl halides is 3. The maximum absolute atomic E-state index is 13.0. The van der Waals surface area contributed by atoms with Crippen LogP contribution in [-0.4, -0.2) is 35.8 Å². The molecule has 0 radical (unpaired) electrons. The number of piperidine rings is 1. The lowest BCUT2D eigenvalue weighted by molar-refractivity contribution is -0.905. The summed E-state index contributed by atoms with van der Waals surface area (Å²) in [5, 5.41) is 7.44. The highest BCUT2D eigenvalue weighted by Gasteiger charge is 2.30. The van der Waals surface area contributed by atoms with E-state index in [0.717, 1.165) is 43.4 Å². The number of quaternary nitrogens is 1. The SMILES string of the molecule is N=Cc1nc(CCC[NH+]2CCCCC2)cc(-c2cccc(C(F)(F)F)c2)n1. The fourth-order valence-electron chi connectivity index (χ4n) is 3.53. The Morgan fingerprint density at radius 2 is 1.85 bits per heavy atom. The fourth-order valence-corrected chi connectivity index (χ4v) is 3.53. The molecule has 0 bridgehead atoms. The summed E-state index contributed by atoms with van der Waals surface area (Å²) in [6, 6.07) is 6.87. The lowest BCUT2D eigenvalue weighted by Crippen LogP contribution is -3.12. The van der Waals surface area contributed by atoms with Gasteiger partial charge in [0.1, 0.15) is 0 Å². The number of nitrogens with zero attached hydrogens (tertiary/aromatic N) is 2. The van der Waals surface area contributed by atoms with Crippen molar-refractivity contribution in [1.29, 1.82) is 5.41 Å². The van der Waals surface area contributed by atoms with Gasteiger partial charge in [0.2, 0.25) is 0 Å². The first-order valence-electron chi connectivity index (χ1n) is 9.35. The maximum atomic E-state index is 13.0. The Balaban J connectivity index is 1.76. The minimum Gasteiger partial charge on any atom is -0.335 e. The molecular formula is C20H24F3N4+. The molecule has 4 nitrogen and oxygen atoms in total. The Morgan fingerprint density at radius 1 is 1.07 bits per heavy atom. The van der Waals surface area contributed by atoms with Crippen LogP contribution in [0.3, 0.4) is 0 Å². The van der Waals surface area contributed by atoms with Crippen molar-refractivity contribution in [3.8, 4) is 11.3 Å². The van der Waals surface area contributed by atoms with E-state index >= 15 is 0 Å². The van der Waals surface area contributed by atoms with Crippen LogP contribution in [0.5, 0.6) is 0 Å². The molecule has 2 heterocycles. The van der Waals surface area contributed by atoms with Gasteiger partial charge in [-0.2, -0.15) is 13.2 Å². The zero-order chi connectivity index (χ0) is 19.3. The average Bonchev–Trinajstić information content (AvgIpc) is 2.68. The molecule has 0 amide bonds. The van der Waals surface area contributed by atoms with Gasteiger partial charge in [0.05, 0.1) is 37.1 Å². The number of hydrogen-bond donors (Lipinski definition) is 2. The lowest BCUT2D eigenvalue weighted by Gasteiger charge is -2.23. The lowest BCUT2D eigenvalue weighted by atomic mass is 10.1. The van der Waals surface area contributed by atoms with E-state index < -0.39 is 11.7 Å². The van der Waals surface area contributed by atoms with Crippen molar-refractivity contribution < 1.29 is 18.1 Å². The van der Waals surface area contributed by atoms with Crippen LogP contribution in [-0.2, 0) is 12.6 Å². The molecule has 0 spiro atoms. The summed E-state index contributed by atoms with van der Waals surface area (Å²) in [7, 11) is 0. The molecule has 0 aliphatic carbocycles. The number of benzene rings is 1. The smallest absolute Gasteiger partial charge is 0.335 e. The molecule has 7 heteroatoms. The number of aryl methyl sites for hydroxylation is 1. The fraction of sp³-hybridized carbons (Fsp3) is 0.450. The van der Waals surface area contributed by atoms with Crippen LogP contribution >= 0.6 is 0 Å². The Bertz CT molecular complexity index is 783. The Hall–Kier alpha value is -2.28. The molecule has 1 aliphatic rings. The van der Waals surface area contributed by atoms with Crippen LogP contribution in [0.2, 0.25) is 0 Å². The number of aromatic nitrogens is 2. The molecule has 2 N–H and O–H groups in total. The molecule has 2 aromatic rings. The van der Waals surface area contributed by atoms with Gasteiger partial charge < -0.3 is 10.3 Å². The van der Waals surface area contributed by atoms with Crippen molar-refractivity contribution in [1.82, 2.24) is 9.97 Å². The third kappa shape index (κ3) is 5.35. The summed E-state index contributed by atoms with van der Waals surface area (Å²) in [5.41, 5.74) is 0.880. The van der Waals surface area contributed by atoms with Crippen LogP contribution in [0.1, 0.15) is 42.8 Å². The van der Waals surface area contributed by atoms with Crippen molar-refractivity contribution >= 4 is 6.21 Å². The van der Waals surface area contributed by atoms with Crippen LogP contribution in [0.4, 0.5) is 13.2 Å². The van der Waals surface area contributed by atoms with Gasteiger partial charge in [-0.1, -0.05) is 12.1 Å². The Kier molecular flexibility index (Phi) is 6.21. The average molecular weight is 377 g/mol. The molecule has 1 saturated heterocycles. The van der Waals surface area contributed by atoms with Gasteiger partial charge in [-0.25, -0.2) is 9.97 Å². The zero-order valence-corrected chi connectivity index (χ0v) is 15.1. The van der Waals surface area contributed by atoms with Gasteiger partial charge in [0, 0.05) is 17.7 Å². The Morgan fingerprint density at radius 3 is 2.56 bits per heavy atom. The topological polar surface area (TPSA) is 54.1 Å². The Labute approximate surface area is 157 Å². The van der Waals surface area contributed by atoms with E-state index in [-0.39, 0.29) is 5.82 Å². The largest absolute Gasteiger partial charge is 0.416 e. The summed E-state index contributed by atoms with van der Waals surface area (Å²) in [4.78, 5) is 10.2. The molecule has 144 valence electrons. The second kappa shape index (κ2) is 8.61. The third-order valence-corrected chi connectivity index (χ3v) is 4.94. The molecule has 27 heavy (non-hydrogen) atoms. The normalized spacial score (nSPS) is 15.7. The van der Waals surface area contributed by atoms with Crippen molar-refractivity contribution in [2.45, 2.75) is 38.3 Å². The number of rotatable bonds is 6. The monoisotopic (exact) mass is 377 g/mol. The first-order valence-corrected chi connectivity index (χ1v) is 9.35. The van der Waals surface area contributed by atoms with E-state index in [0.29, 0.717) is 11.3 Å². The molecule has 1 aromatic carbocycles. The maximum Gasteiger partial charge on any atom is 0.416 e. The van der Waals surface area contributed by atoms with Crippen LogP contribution in [0, 0.1) is 5.41 Å². The second-order valence-corrected chi connectivity index (χ2v) is 6.99. The van der Waals surface area contributed by atoms with Crippen molar-refractivity contribution in [2.75, 3.05) is 19.6 Å². The van der Waals surface area contributed by atoms with Crippen molar-refractivity contribution in [2.24, 2.45) is 0 Å². The minimum atomic E-state index is -4.40. The molecule has 0 unspecified atom stereocenters. The van der Waals surface area contributed by atoms with E-state index in [9.17, 15) is 13.2 Å². The molecule has 1 aliphatic heterocycles. The number of likely N-dealkylation sites (tertiary alicyclic amines) is 1. The van der Waals surface area contributed by atoms with Crippen molar-refractivity contribution in [3.63, 3.8) is 0 Å². The van der Waals surface area contributed by atoms with Crippen LogP contribution < -0.4 is 4.90 Å². The summed E-state index contributed by atoms with van der Waals surface area (Å²) < 4.78 is 38.9.